The Bertz CT molecular complexity index is 306. The molecule has 1 saturated carbocycles. The summed E-state index contributed by atoms with van der Waals surface area (Å²) < 4.78 is 2.10. The lowest BCUT2D eigenvalue weighted by Crippen LogP contribution is -2.19. The van der Waals surface area contributed by atoms with Crippen molar-refractivity contribution < 1.29 is 0 Å². The summed E-state index contributed by atoms with van der Waals surface area (Å²) in [6.45, 7) is 7.67. The Kier molecular flexibility index (Phi) is 3.41. The molecule has 1 aliphatic carbocycles. The predicted molar refractivity (Wildman–Crippen MR) is 61.5 cm³/mol. The Hall–Kier alpha value is -0.830. The van der Waals surface area contributed by atoms with Gasteiger partial charge in [-0.3, -0.25) is 4.68 Å². The summed E-state index contributed by atoms with van der Waals surface area (Å²) in [6.07, 6.45) is 4.45. The average molecular weight is 207 g/mol. The third-order valence-corrected chi connectivity index (χ3v) is 3.23. The maximum atomic E-state index is 4.31. The van der Waals surface area contributed by atoms with Crippen LogP contribution in [0.1, 0.15) is 32.4 Å². The third-order valence-electron chi connectivity index (χ3n) is 3.23. The standard InChI is InChI=1S/C12H21N3/c1-3-6-15-12(4-5-14-15)9-13-8-11-7-10(11)2/h4-5,10-11,13H,3,6-9H2,1-2H3. The SMILES string of the molecule is CCCn1nccc1CNCC1CC1C. The largest absolute Gasteiger partial charge is 0.311 e. The van der Waals surface area contributed by atoms with Crippen LogP contribution in [0.3, 0.4) is 0 Å². The molecule has 3 heteroatoms. The van der Waals surface area contributed by atoms with Gasteiger partial charge in [-0.1, -0.05) is 13.8 Å². The van der Waals surface area contributed by atoms with Crippen LogP contribution in [-0.2, 0) is 13.1 Å². The Morgan fingerprint density at radius 2 is 2.40 bits per heavy atom. The molecule has 1 heterocycles. The molecule has 2 atom stereocenters. The van der Waals surface area contributed by atoms with E-state index in [1.54, 1.807) is 0 Å². The van der Waals surface area contributed by atoms with Crippen LogP contribution in [0, 0.1) is 11.8 Å². The summed E-state index contributed by atoms with van der Waals surface area (Å²) in [5.41, 5.74) is 1.31. The van der Waals surface area contributed by atoms with Crippen LogP contribution in [0.5, 0.6) is 0 Å². The maximum absolute atomic E-state index is 4.31. The van der Waals surface area contributed by atoms with E-state index in [0.29, 0.717) is 0 Å². The quantitative estimate of drug-likeness (QED) is 0.773. The van der Waals surface area contributed by atoms with Gasteiger partial charge in [0.05, 0.1) is 5.69 Å². The number of aromatic nitrogens is 2. The zero-order valence-corrected chi connectivity index (χ0v) is 9.74. The van der Waals surface area contributed by atoms with Crippen molar-refractivity contribution in [2.24, 2.45) is 11.8 Å². The number of hydrogen-bond acceptors (Lipinski definition) is 2. The first kappa shape index (κ1) is 10.7. The van der Waals surface area contributed by atoms with E-state index in [1.165, 1.54) is 18.7 Å². The fraction of sp³-hybridized carbons (Fsp3) is 0.750. The zero-order valence-electron chi connectivity index (χ0n) is 9.74. The van der Waals surface area contributed by atoms with Crippen molar-refractivity contribution in [2.75, 3.05) is 6.54 Å². The van der Waals surface area contributed by atoms with E-state index in [1.807, 2.05) is 6.20 Å². The molecule has 0 spiro atoms. The number of rotatable bonds is 6. The molecule has 0 amide bonds. The first-order valence-corrected chi connectivity index (χ1v) is 6.02. The Morgan fingerprint density at radius 1 is 1.60 bits per heavy atom. The van der Waals surface area contributed by atoms with Crippen LogP contribution >= 0.6 is 0 Å². The molecule has 0 radical (unpaired) electrons. The Labute approximate surface area is 91.9 Å². The number of nitrogens with zero attached hydrogens (tertiary/aromatic N) is 2. The van der Waals surface area contributed by atoms with Crippen molar-refractivity contribution >= 4 is 0 Å². The van der Waals surface area contributed by atoms with Crippen LogP contribution in [-0.4, -0.2) is 16.3 Å². The van der Waals surface area contributed by atoms with Gasteiger partial charge in [-0.2, -0.15) is 5.10 Å². The van der Waals surface area contributed by atoms with Gasteiger partial charge < -0.3 is 5.32 Å². The van der Waals surface area contributed by atoms with E-state index in [2.05, 4.69) is 35.0 Å². The molecule has 1 fully saturated rings. The molecular weight excluding hydrogens is 186 g/mol. The van der Waals surface area contributed by atoms with E-state index >= 15 is 0 Å². The fourth-order valence-corrected chi connectivity index (χ4v) is 1.99. The first-order chi connectivity index (χ1) is 7.31. The summed E-state index contributed by atoms with van der Waals surface area (Å²) in [6, 6.07) is 2.11. The summed E-state index contributed by atoms with van der Waals surface area (Å²) in [5, 5.41) is 7.83. The molecule has 2 rings (SSSR count). The highest BCUT2D eigenvalue weighted by molar-refractivity contribution is 5.00. The van der Waals surface area contributed by atoms with Crippen LogP contribution in [0.25, 0.3) is 0 Å². The summed E-state index contributed by atoms with van der Waals surface area (Å²) in [7, 11) is 0. The highest BCUT2D eigenvalue weighted by Crippen LogP contribution is 2.36. The monoisotopic (exact) mass is 207 g/mol. The predicted octanol–water partition coefficient (Wildman–Crippen LogP) is 2.04. The first-order valence-electron chi connectivity index (χ1n) is 6.02. The average Bonchev–Trinajstić information content (AvgIpc) is 2.74. The van der Waals surface area contributed by atoms with E-state index in [4.69, 9.17) is 0 Å². The molecule has 0 saturated heterocycles. The lowest BCUT2D eigenvalue weighted by Gasteiger charge is -2.07. The van der Waals surface area contributed by atoms with Crippen LogP contribution < -0.4 is 5.32 Å². The number of hydrogen-bond donors (Lipinski definition) is 1. The van der Waals surface area contributed by atoms with Crippen molar-refractivity contribution in [3.63, 3.8) is 0 Å². The zero-order chi connectivity index (χ0) is 10.7. The maximum Gasteiger partial charge on any atom is 0.0522 e. The minimum atomic E-state index is 0.924. The topological polar surface area (TPSA) is 29.9 Å². The second kappa shape index (κ2) is 4.79. The van der Waals surface area contributed by atoms with Crippen molar-refractivity contribution in [3.05, 3.63) is 18.0 Å². The lowest BCUT2D eigenvalue weighted by molar-refractivity contribution is 0.537. The molecular formula is C12H21N3. The van der Waals surface area contributed by atoms with Crippen LogP contribution in [0.15, 0.2) is 12.3 Å². The summed E-state index contributed by atoms with van der Waals surface area (Å²) >= 11 is 0. The molecule has 2 unspecified atom stereocenters. The van der Waals surface area contributed by atoms with Gasteiger partial charge in [0.15, 0.2) is 0 Å². The Balaban J connectivity index is 1.74. The van der Waals surface area contributed by atoms with Gasteiger partial charge in [0.25, 0.3) is 0 Å². The van der Waals surface area contributed by atoms with Crippen LogP contribution in [0.2, 0.25) is 0 Å². The second-order valence-corrected chi connectivity index (χ2v) is 4.65. The molecule has 0 aromatic carbocycles. The fourth-order valence-electron chi connectivity index (χ4n) is 1.99. The van der Waals surface area contributed by atoms with Crippen molar-refractivity contribution in [1.29, 1.82) is 0 Å². The minimum Gasteiger partial charge on any atom is -0.311 e. The lowest BCUT2D eigenvalue weighted by atomic mass is 10.3. The van der Waals surface area contributed by atoms with Gasteiger partial charge in [-0.25, -0.2) is 0 Å². The van der Waals surface area contributed by atoms with Gasteiger partial charge >= 0.3 is 0 Å². The van der Waals surface area contributed by atoms with Gasteiger partial charge in [-0.15, -0.1) is 0 Å². The number of nitrogens with one attached hydrogen (secondary N) is 1. The third kappa shape index (κ3) is 2.81. The van der Waals surface area contributed by atoms with E-state index in [-0.39, 0.29) is 0 Å². The molecule has 0 aliphatic heterocycles. The number of aryl methyl sites for hydroxylation is 1. The summed E-state index contributed by atoms with van der Waals surface area (Å²) in [5.74, 6) is 1.87. The van der Waals surface area contributed by atoms with Gasteiger partial charge in [-0.05, 0) is 37.3 Å². The molecule has 1 N–H and O–H groups in total. The molecule has 0 bridgehead atoms. The highest BCUT2D eigenvalue weighted by atomic mass is 15.3. The van der Waals surface area contributed by atoms with Crippen LogP contribution in [0.4, 0.5) is 0 Å². The van der Waals surface area contributed by atoms with Gasteiger partial charge in [0.1, 0.15) is 0 Å². The highest BCUT2D eigenvalue weighted by Gasteiger charge is 2.31. The van der Waals surface area contributed by atoms with E-state index in [9.17, 15) is 0 Å². The molecule has 15 heavy (non-hydrogen) atoms. The molecule has 1 aromatic rings. The van der Waals surface area contributed by atoms with E-state index in [0.717, 1.165) is 31.3 Å². The van der Waals surface area contributed by atoms with E-state index < -0.39 is 0 Å². The minimum absolute atomic E-state index is 0.924. The van der Waals surface area contributed by atoms with Crippen molar-refractivity contribution in [2.45, 2.75) is 39.8 Å². The van der Waals surface area contributed by atoms with Gasteiger partial charge in [0, 0.05) is 19.3 Å². The summed E-state index contributed by atoms with van der Waals surface area (Å²) in [4.78, 5) is 0. The van der Waals surface area contributed by atoms with Crippen molar-refractivity contribution in [3.8, 4) is 0 Å². The van der Waals surface area contributed by atoms with Crippen molar-refractivity contribution in [1.82, 2.24) is 15.1 Å². The second-order valence-electron chi connectivity index (χ2n) is 4.65. The molecule has 1 aliphatic rings. The molecule has 1 aromatic heterocycles. The smallest absolute Gasteiger partial charge is 0.0522 e. The Morgan fingerprint density at radius 3 is 3.07 bits per heavy atom. The normalized spacial score (nSPS) is 24.4. The van der Waals surface area contributed by atoms with Gasteiger partial charge in [0.2, 0.25) is 0 Å². The molecule has 3 nitrogen and oxygen atoms in total. The molecule has 84 valence electrons.